The van der Waals surface area contributed by atoms with E-state index >= 15 is 0 Å². The number of alkyl halides is 1. The largest absolute Gasteiger partial charge is 0.360 e. The van der Waals surface area contributed by atoms with Crippen molar-refractivity contribution >= 4 is 39.1 Å². The lowest BCUT2D eigenvalue weighted by molar-refractivity contribution is -0.123. The molecule has 6 nitrogen and oxygen atoms in total. The molecule has 0 aromatic carbocycles. The van der Waals surface area contributed by atoms with Crippen LogP contribution in [0.3, 0.4) is 0 Å². The number of thiophene rings is 1. The zero-order chi connectivity index (χ0) is 15.5. The third-order valence-electron chi connectivity index (χ3n) is 3.52. The highest BCUT2D eigenvalue weighted by Gasteiger charge is 2.28. The lowest BCUT2D eigenvalue weighted by Crippen LogP contribution is -2.48. The highest BCUT2D eigenvalue weighted by atomic mass is 35.5. The van der Waals surface area contributed by atoms with Gasteiger partial charge in [0.25, 0.3) is 0 Å². The minimum Gasteiger partial charge on any atom is -0.360 e. The maximum atomic E-state index is 11.9. The molecule has 0 saturated carbocycles. The van der Waals surface area contributed by atoms with Gasteiger partial charge in [-0.2, -0.15) is 0 Å². The molecule has 2 atom stereocenters. The van der Waals surface area contributed by atoms with Crippen LogP contribution in [-0.2, 0) is 9.53 Å². The van der Waals surface area contributed by atoms with E-state index in [-0.39, 0.29) is 17.6 Å². The van der Waals surface area contributed by atoms with E-state index < -0.39 is 0 Å². The smallest absolute Gasteiger partial charge is 0.221 e. The second-order valence-electron chi connectivity index (χ2n) is 5.02. The topological polar surface area (TPSA) is 67.4 Å². The van der Waals surface area contributed by atoms with Gasteiger partial charge in [0.1, 0.15) is 18.1 Å². The minimum atomic E-state index is -0.357. The van der Waals surface area contributed by atoms with Gasteiger partial charge in [0.05, 0.1) is 16.8 Å². The minimum absolute atomic E-state index is 0.00570. The summed E-state index contributed by atoms with van der Waals surface area (Å²) in [7, 11) is 0. The summed E-state index contributed by atoms with van der Waals surface area (Å²) in [5.74, 6) is 0.00570. The first-order chi connectivity index (χ1) is 10.7. The first-order valence-corrected chi connectivity index (χ1v) is 8.41. The summed E-state index contributed by atoms with van der Waals surface area (Å²) >= 11 is 7.68. The van der Waals surface area contributed by atoms with Gasteiger partial charge >= 0.3 is 0 Å². The highest BCUT2D eigenvalue weighted by molar-refractivity contribution is 7.19. The maximum Gasteiger partial charge on any atom is 0.221 e. The van der Waals surface area contributed by atoms with Crippen LogP contribution in [0.1, 0.15) is 24.4 Å². The zero-order valence-corrected chi connectivity index (χ0v) is 13.7. The maximum absolute atomic E-state index is 11.9. The molecule has 2 unspecified atom stereocenters. The summed E-state index contributed by atoms with van der Waals surface area (Å²) in [6.45, 7) is 3.68. The van der Waals surface area contributed by atoms with Gasteiger partial charge in [-0.25, -0.2) is 9.97 Å². The lowest BCUT2D eigenvalue weighted by Gasteiger charge is -2.36. The number of amides is 1. The van der Waals surface area contributed by atoms with Crippen molar-refractivity contribution in [2.45, 2.75) is 25.1 Å². The summed E-state index contributed by atoms with van der Waals surface area (Å²) in [5.41, 5.74) is 0.533. The van der Waals surface area contributed by atoms with E-state index in [0.717, 1.165) is 21.6 Å². The summed E-state index contributed by atoms with van der Waals surface area (Å²) < 4.78 is 6.38. The number of nitrogens with zero attached hydrogens (tertiary/aromatic N) is 3. The number of rotatable bonds is 4. The van der Waals surface area contributed by atoms with Crippen LogP contribution < -0.4 is 5.32 Å². The Labute approximate surface area is 137 Å². The number of hydrogen-bond acceptors (Lipinski definition) is 6. The van der Waals surface area contributed by atoms with Crippen molar-refractivity contribution in [1.82, 2.24) is 20.2 Å². The van der Waals surface area contributed by atoms with E-state index in [1.807, 2.05) is 13.0 Å². The van der Waals surface area contributed by atoms with Crippen LogP contribution in [0.15, 0.2) is 18.6 Å². The van der Waals surface area contributed by atoms with Gasteiger partial charge in [0, 0.05) is 30.6 Å². The first-order valence-electron chi connectivity index (χ1n) is 7.16. The quantitative estimate of drug-likeness (QED) is 0.863. The summed E-state index contributed by atoms with van der Waals surface area (Å²) in [6, 6.07) is 2.00. The number of fused-ring (bicyclic) bond motifs is 1. The van der Waals surface area contributed by atoms with Crippen molar-refractivity contribution in [3.8, 4) is 0 Å². The number of nitrogens with one attached hydrogen (secondary N) is 1. The molecule has 8 heteroatoms. The third kappa shape index (κ3) is 3.38. The molecule has 2 aromatic heterocycles. The summed E-state index contributed by atoms with van der Waals surface area (Å²) in [6.07, 6.45) is 3.55. The van der Waals surface area contributed by atoms with Crippen LogP contribution in [0.25, 0.3) is 10.2 Å². The molecule has 3 heterocycles. The van der Waals surface area contributed by atoms with Crippen molar-refractivity contribution in [1.29, 1.82) is 0 Å². The summed E-state index contributed by atoms with van der Waals surface area (Å²) in [4.78, 5) is 23.4. The molecule has 1 amide bonds. The van der Waals surface area contributed by atoms with Gasteiger partial charge in [-0.05, 0) is 6.07 Å². The van der Waals surface area contributed by atoms with Gasteiger partial charge in [0.15, 0.2) is 0 Å². The molecule has 0 aliphatic carbocycles. The Morgan fingerprint density at radius 2 is 2.55 bits per heavy atom. The van der Waals surface area contributed by atoms with Gasteiger partial charge in [-0.3, -0.25) is 9.69 Å². The number of ether oxygens (including phenoxy) is 1. The van der Waals surface area contributed by atoms with Crippen LogP contribution >= 0.6 is 22.9 Å². The standard InChI is InChI=1S/C14H17ClN4O2S/c1-2-13(20)18-14(19-3-4-21-12(15)7-19)10-5-9-11(22-10)6-16-8-17-9/h5-6,8,12,14H,2-4,7H2,1H3,(H,18,20). The van der Waals surface area contributed by atoms with Crippen LogP contribution in [0.2, 0.25) is 0 Å². The molecule has 3 rings (SSSR count). The molecule has 118 valence electrons. The van der Waals surface area contributed by atoms with Crippen molar-refractivity contribution in [3.05, 3.63) is 23.5 Å². The molecule has 1 saturated heterocycles. The average molecular weight is 341 g/mol. The number of aromatic nitrogens is 2. The fourth-order valence-corrected chi connectivity index (χ4v) is 3.74. The molecule has 1 aliphatic rings. The molecule has 22 heavy (non-hydrogen) atoms. The Morgan fingerprint density at radius 3 is 3.27 bits per heavy atom. The van der Waals surface area contributed by atoms with Crippen molar-refractivity contribution in [3.63, 3.8) is 0 Å². The zero-order valence-electron chi connectivity index (χ0n) is 12.2. The SMILES string of the molecule is CCC(=O)NC(c1cc2ncncc2s1)N1CCOC(Cl)C1. The van der Waals surface area contributed by atoms with Gasteiger partial charge < -0.3 is 10.1 Å². The van der Waals surface area contributed by atoms with E-state index in [0.29, 0.717) is 19.6 Å². The van der Waals surface area contributed by atoms with Crippen molar-refractivity contribution < 1.29 is 9.53 Å². The third-order valence-corrected chi connectivity index (χ3v) is 4.90. The number of carbonyl (C=O) groups excluding carboxylic acids is 1. The fourth-order valence-electron chi connectivity index (χ4n) is 2.40. The van der Waals surface area contributed by atoms with E-state index in [2.05, 4.69) is 20.2 Å². The first kappa shape index (κ1) is 15.6. The molecular weight excluding hydrogens is 324 g/mol. The number of hydrogen-bond donors (Lipinski definition) is 1. The second-order valence-corrected chi connectivity index (χ2v) is 6.62. The monoisotopic (exact) mass is 340 g/mol. The Morgan fingerprint density at radius 1 is 1.68 bits per heavy atom. The van der Waals surface area contributed by atoms with E-state index in [1.165, 1.54) is 6.33 Å². The number of halogens is 1. The van der Waals surface area contributed by atoms with E-state index in [1.54, 1.807) is 17.5 Å². The predicted molar refractivity (Wildman–Crippen MR) is 85.8 cm³/mol. The molecule has 0 bridgehead atoms. The van der Waals surface area contributed by atoms with Crippen molar-refractivity contribution in [2.24, 2.45) is 0 Å². The van der Waals surface area contributed by atoms with Crippen molar-refractivity contribution in [2.75, 3.05) is 19.7 Å². The van der Waals surface area contributed by atoms with Gasteiger partial charge in [-0.15, -0.1) is 11.3 Å². The molecule has 2 aromatic rings. The second kappa shape index (κ2) is 6.87. The van der Waals surface area contributed by atoms with Crippen LogP contribution in [0.4, 0.5) is 0 Å². The van der Waals surface area contributed by atoms with Crippen LogP contribution in [0, 0.1) is 0 Å². The molecule has 0 spiro atoms. The fraction of sp³-hybridized carbons (Fsp3) is 0.500. The highest BCUT2D eigenvalue weighted by Crippen LogP contribution is 2.31. The predicted octanol–water partition coefficient (Wildman–Crippen LogP) is 2.11. The Balaban J connectivity index is 1.91. The van der Waals surface area contributed by atoms with Gasteiger partial charge in [0.2, 0.25) is 5.91 Å². The Bertz CT molecular complexity index is 632. The normalized spacial score (nSPS) is 20.9. The molecule has 1 N–H and O–H groups in total. The average Bonchev–Trinajstić information content (AvgIpc) is 2.95. The Kier molecular flexibility index (Phi) is 4.87. The van der Waals surface area contributed by atoms with E-state index in [4.69, 9.17) is 16.3 Å². The van der Waals surface area contributed by atoms with Gasteiger partial charge in [-0.1, -0.05) is 18.5 Å². The van der Waals surface area contributed by atoms with Crippen LogP contribution in [-0.4, -0.2) is 46.0 Å². The number of carbonyl (C=O) groups is 1. The molecule has 1 aliphatic heterocycles. The van der Waals surface area contributed by atoms with E-state index in [9.17, 15) is 4.79 Å². The van der Waals surface area contributed by atoms with Crippen LogP contribution in [0.5, 0.6) is 0 Å². The molecular formula is C14H17ClN4O2S. The number of morpholine rings is 1. The lowest BCUT2D eigenvalue weighted by atomic mass is 10.2. The molecule has 1 fully saturated rings. The molecule has 0 radical (unpaired) electrons. The summed E-state index contributed by atoms with van der Waals surface area (Å²) in [5, 5.41) is 3.07. The Hall–Kier alpha value is -1.28.